The van der Waals surface area contributed by atoms with Gasteiger partial charge in [0.2, 0.25) is 0 Å². The molecule has 0 bridgehead atoms. The Bertz CT molecular complexity index is 638. The summed E-state index contributed by atoms with van der Waals surface area (Å²) in [6.45, 7) is 2.87. The lowest BCUT2D eigenvalue weighted by molar-refractivity contribution is 0.0648. The van der Waals surface area contributed by atoms with Gasteiger partial charge in [0.05, 0.1) is 12.6 Å². The van der Waals surface area contributed by atoms with Crippen LogP contribution in [0.1, 0.15) is 23.7 Å². The Labute approximate surface area is 118 Å². The summed E-state index contributed by atoms with van der Waals surface area (Å²) in [7, 11) is 0. The predicted molar refractivity (Wildman–Crippen MR) is 79.6 cm³/mol. The van der Waals surface area contributed by atoms with Gasteiger partial charge in [0, 0.05) is 12.1 Å². The number of rotatable bonds is 2. The van der Waals surface area contributed by atoms with Crippen molar-refractivity contribution in [2.24, 2.45) is 5.92 Å². The fourth-order valence-electron chi connectivity index (χ4n) is 3.03. The minimum Gasteiger partial charge on any atom is -0.394 e. The largest absolute Gasteiger partial charge is 0.394 e. The zero-order valence-corrected chi connectivity index (χ0v) is 11.6. The molecule has 1 saturated heterocycles. The number of fused-ring (bicyclic) bond motifs is 1. The third-order valence-electron chi connectivity index (χ3n) is 4.33. The number of carbonyl (C=O) groups excluding carboxylic acids is 1. The minimum atomic E-state index is -0.0472. The SMILES string of the molecule is CC1CCN(C(=O)c2ccc3ccccc3c2)C1CO. The Morgan fingerprint density at radius 2 is 2.00 bits per heavy atom. The maximum Gasteiger partial charge on any atom is 0.254 e. The number of amides is 1. The summed E-state index contributed by atoms with van der Waals surface area (Å²) in [4.78, 5) is 14.4. The van der Waals surface area contributed by atoms with Gasteiger partial charge in [-0.25, -0.2) is 0 Å². The van der Waals surface area contributed by atoms with Crippen molar-refractivity contribution in [3.05, 3.63) is 48.0 Å². The van der Waals surface area contributed by atoms with E-state index in [1.54, 1.807) is 0 Å². The molecule has 2 aromatic carbocycles. The highest BCUT2D eigenvalue weighted by Gasteiger charge is 2.34. The maximum absolute atomic E-state index is 12.6. The molecule has 104 valence electrons. The summed E-state index contributed by atoms with van der Waals surface area (Å²) in [6.07, 6.45) is 0.963. The van der Waals surface area contributed by atoms with Gasteiger partial charge in [-0.1, -0.05) is 37.3 Å². The summed E-state index contributed by atoms with van der Waals surface area (Å²) < 4.78 is 0. The molecule has 3 nitrogen and oxygen atoms in total. The van der Waals surface area contributed by atoms with Crippen LogP contribution in [0.25, 0.3) is 10.8 Å². The third kappa shape index (κ3) is 2.18. The standard InChI is InChI=1S/C17H19NO2/c1-12-8-9-18(16(12)11-19)17(20)15-7-6-13-4-2-3-5-14(13)10-15/h2-7,10,12,16,19H,8-9,11H2,1H3. The highest BCUT2D eigenvalue weighted by Crippen LogP contribution is 2.26. The molecule has 1 N–H and O–H groups in total. The monoisotopic (exact) mass is 269 g/mol. The number of nitrogens with zero attached hydrogens (tertiary/aromatic N) is 1. The molecule has 1 fully saturated rings. The van der Waals surface area contributed by atoms with Crippen LogP contribution in [0.2, 0.25) is 0 Å². The molecule has 1 aliphatic heterocycles. The van der Waals surface area contributed by atoms with Gasteiger partial charge in [-0.2, -0.15) is 0 Å². The van der Waals surface area contributed by atoms with Crippen LogP contribution in [-0.2, 0) is 0 Å². The van der Waals surface area contributed by atoms with Crippen LogP contribution < -0.4 is 0 Å². The summed E-state index contributed by atoms with van der Waals surface area (Å²) in [5.74, 6) is 0.392. The van der Waals surface area contributed by atoms with Crippen molar-refractivity contribution < 1.29 is 9.90 Å². The van der Waals surface area contributed by atoms with E-state index in [1.165, 1.54) is 0 Å². The number of carbonyl (C=O) groups is 1. The normalized spacial score (nSPS) is 22.4. The lowest BCUT2D eigenvalue weighted by Crippen LogP contribution is -2.39. The average Bonchev–Trinajstić information content (AvgIpc) is 2.86. The second-order valence-corrected chi connectivity index (χ2v) is 5.58. The molecular formula is C17H19NO2. The molecule has 0 aromatic heterocycles. The van der Waals surface area contributed by atoms with E-state index in [0.29, 0.717) is 11.5 Å². The van der Waals surface area contributed by atoms with Crippen molar-refractivity contribution in [3.63, 3.8) is 0 Å². The van der Waals surface area contributed by atoms with Crippen molar-refractivity contribution in [3.8, 4) is 0 Å². The van der Waals surface area contributed by atoms with E-state index in [9.17, 15) is 9.90 Å². The van der Waals surface area contributed by atoms with Crippen molar-refractivity contribution in [1.29, 1.82) is 0 Å². The van der Waals surface area contributed by atoms with Crippen molar-refractivity contribution >= 4 is 16.7 Å². The van der Waals surface area contributed by atoms with E-state index in [4.69, 9.17) is 0 Å². The van der Waals surface area contributed by atoms with Crippen LogP contribution in [0.5, 0.6) is 0 Å². The molecular weight excluding hydrogens is 250 g/mol. The van der Waals surface area contributed by atoms with Gasteiger partial charge in [0.25, 0.3) is 5.91 Å². The topological polar surface area (TPSA) is 40.5 Å². The third-order valence-corrected chi connectivity index (χ3v) is 4.33. The van der Waals surface area contributed by atoms with Gasteiger partial charge in [-0.3, -0.25) is 4.79 Å². The van der Waals surface area contributed by atoms with E-state index >= 15 is 0 Å². The van der Waals surface area contributed by atoms with Gasteiger partial charge in [0.15, 0.2) is 0 Å². The second kappa shape index (κ2) is 5.25. The van der Waals surface area contributed by atoms with E-state index < -0.39 is 0 Å². The van der Waals surface area contributed by atoms with Gasteiger partial charge in [0.1, 0.15) is 0 Å². The van der Waals surface area contributed by atoms with E-state index in [2.05, 4.69) is 6.92 Å². The number of hydrogen-bond donors (Lipinski definition) is 1. The zero-order valence-electron chi connectivity index (χ0n) is 11.6. The Morgan fingerprint density at radius 3 is 2.75 bits per heavy atom. The van der Waals surface area contributed by atoms with Crippen LogP contribution in [0.3, 0.4) is 0 Å². The molecule has 3 rings (SSSR count). The number of aliphatic hydroxyl groups is 1. The van der Waals surface area contributed by atoms with Crippen LogP contribution in [0, 0.1) is 5.92 Å². The maximum atomic E-state index is 12.6. The molecule has 1 amide bonds. The highest BCUT2D eigenvalue weighted by atomic mass is 16.3. The Morgan fingerprint density at radius 1 is 1.25 bits per heavy atom. The fourth-order valence-corrected chi connectivity index (χ4v) is 3.03. The van der Waals surface area contributed by atoms with Gasteiger partial charge in [-0.05, 0) is 35.2 Å². The van der Waals surface area contributed by atoms with Gasteiger partial charge in [-0.15, -0.1) is 0 Å². The van der Waals surface area contributed by atoms with Crippen molar-refractivity contribution in [2.45, 2.75) is 19.4 Å². The summed E-state index contributed by atoms with van der Waals surface area (Å²) in [5, 5.41) is 11.7. The molecule has 2 unspecified atom stereocenters. The summed E-state index contributed by atoms with van der Waals surface area (Å²) in [5.41, 5.74) is 0.705. The first-order chi connectivity index (χ1) is 9.70. The summed E-state index contributed by atoms with van der Waals surface area (Å²) >= 11 is 0. The van der Waals surface area contributed by atoms with Crippen LogP contribution in [0.4, 0.5) is 0 Å². The average molecular weight is 269 g/mol. The highest BCUT2D eigenvalue weighted by molar-refractivity contribution is 5.98. The minimum absolute atomic E-state index is 0.0270. The Kier molecular flexibility index (Phi) is 3.45. The number of likely N-dealkylation sites (tertiary alicyclic amines) is 1. The smallest absolute Gasteiger partial charge is 0.254 e. The first-order valence-corrected chi connectivity index (χ1v) is 7.11. The zero-order chi connectivity index (χ0) is 14.1. The molecule has 0 spiro atoms. The Balaban J connectivity index is 1.92. The second-order valence-electron chi connectivity index (χ2n) is 5.58. The van der Waals surface area contributed by atoms with E-state index in [0.717, 1.165) is 23.7 Å². The van der Waals surface area contributed by atoms with E-state index in [1.807, 2.05) is 47.4 Å². The molecule has 0 saturated carbocycles. The van der Waals surface area contributed by atoms with Crippen LogP contribution in [0.15, 0.2) is 42.5 Å². The quantitative estimate of drug-likeness (QED) is 0.910. The van der Waals surface area contributed by atoms with Gasteiger partial charge >= 0.3 is 0 Å². The molecule has 3 heteroatoms. The van der Waals surface area contributed by atoms with Crippen molar-refractivity contribution in [1.82, 2.24) is 4.90 Å². The summed E-state index contributed by atoms with van der Waals surface area (Å²) in [6, 6.07) is 13.8. The lowest BCUT2D eigenvalue weighted by Gasteiger charge is -2.25. The molecule has 0 radical (unpaired) electrons. The number of aliphatic hydroxyl groups excluding tert-OH is 1. The first-order valence-electron chi connectivity index (χ1n) is 7.11. The molecule has 20 heavy (non-hydrogen) atoms. The Hall–Kier alpha value is -1.87. The number of hydrogen-bond acceptors (Lipinski definition) is 2. The number of benzene rings is 2. The molecule has 0 aliphatic carbocycles. The van der Waals surface area contributed by atoms with E-state index in [-0.39, 0.29) is 18.6 Å². The van der Waals surface area contributed by atoms with Gasteiger partial charge < -0.3 is 10.0 Å². The first kappa shape index (κ1) is 13.1. The van der Waals surface area contributed by atoms with Crippen LogP contribution >= 0.6 is 0 Å². The molecule has 2 atom stereocenters. The fraction of sp³-hybridized carbons (Fsp3) is 0.353. The lowest BCUT2D eigenvalue weighted by atomic mass is 10.0. The predicted octanol–water partition coefficient (Wildman–Crippen LogP) is 2.68. The molecule has 1 heterocycles. The van der Waals surface area contributed by atoms with Crippen molar-refractivity contribution in [2.75, 3.05) is 13.2 Å². The molecule has 2 aromatic rings. The molecule has 1 aliphatic rings. The van der Waals surface area contributed by atoms with Crippen LogP contribution in [-0.4, -0.2) is 35.1 Å².